The fourth-order valence-electron chi connectivity index (χ4n) is 3.06. The molecule has 1 aromatic rings. The Labute approximate surface area is 124 Å². The van der Waals surface area contributed by atoms with Gasteiger partial charge in [-0.05, 0) is 12.8 Å². The summed E-state index contributed by atoms with van der Waals surface area (Å²) in [5.41, 5.74) is 3.44. The Bertz CT molecular complexity index is 507. The number of hydrogen-bond donors (Lipinski definition) is 1. The lowest BCUT2D eigenvalue weighted by Crippen LogP contribution is -2.39. The lowest BCUT2D eigenvalue weighted by Gasteiger charge is -2.23. The largest absolute Gasteiger partial charge is 0.381 e. The third-order valence-corrected chi connectivity index (χ3v) is 4.26. The minimum absolute atomic E-state index is 0.109. The van der Waals surface area contributed by atoms with Crippen molar-refractivity contribution in [3.8, 4) is 0 Å². The zero-order chi connectivity index (χ0) is 14.7. The fourth-order valence-corrected chi connectivity index (χ4v) is 3.06. The second-order valence-corrected chi connectivity index (χ2v) is 5.75. The predicted molar refractivity (Wildman–Crippen MR) is 76.9 cm³/mol. The van der Waals surface area contributed by atoms with Crippen molar-refractivity contribution in [1.29, 1.82) is 0 Å². The Balaban J connectivity index is 1.54. The van der Waals surface area contributed by atoms with E-state index in [2.05, 4.69) is 10.4 Å². The SMILES string of the molecule is Cn1nc(CCC(=O)NC2CCOCC2)c2c1CCOC2. The number of rotatable bonds is 4. The Kier molecular flexibility index (Phi) is 4.55. The van der Waals surface area contributed by atoms with E-state index in [4.69, 9.17) is 9.47 Å². The summed E-state index contributed by atoms with van der Waals surface area (Å²) in [7, 11) is 1.97. The van der Waals surface area contributed by atoms with Gasteiger partial charge < -0.3 is 14.8 Å². The molecule has 0 aliphatic carbocycles. The maximum absolute atomic E-state index is 12.0. The molecule has 2 aliphatic heterocycles. The quantitative estimate of drug-likeness (QED) is 0.888. The van der Waals surface area contributed by atoms with Crippen molar-refractivity contribution in [2.75, 3.05) is 19.8 Å². The molecule has 1 aromatic heterocycles. The molecule has 6 heteroatoms. The number of aromatic nitrogens is 2. The van der Waals surface area contributed by atoms with Gasteiger partial charge in [-0.2, -0.15) is 5.10 Å². The number of carbonyl (C=O) groups is 1. The highest BCUT2D eigenvalue weighted by Gasteiger charge is 2.21. The summed E-state index contributed by atoms with van der Waals surface area (Å²) in [5.74, 6) is 0.109. The van der Waals surface area contributed by atoms with Crippen molar-refractivity contribution >= 4 is 5.91 Å². The second kappa shape index (κ2) is 6.58. The topological polar surface area (TPSA) is 65.4 Å². The summed E-state index contributed by atoms with van der Waals surface area (Å²) >= 11 is 0. The molecule has 3 heterocycles. The first-order valence-corrected chi connectivity index (χ1v) is 7.72. The second-order valence-electron chi connectivity index (χ2n) is 5.75. The Morgan fingerprint density at radius 1 is 1.33 bits per heavy atom. The number of nitrogens with zero attached hydrogens (tertiary/aromatic N) is 2. The van der Waals surface area contributed by atoms with E-state index in [1.807, 2.05) is 11.7 Å². The molecular formula is C15H23N3O3. The minimum atomic E-state index is 0.109. The highest BCUT2D eigenvalue weighted by molar-refractivity contribution is 5.76. The van der Waals surface area contributed by atoms with Gasteiger partial charge in [0.1, 0.15) is 0 Å². The molecule has 2 aliphatic rings. The molecule has 1 amide bonds. The molecule has 21 heavy (non-hydrogen) atoms. The first-order valence-electron chi connectivity index (χ1n) is 7.72. The van der Waals surface area contributed by atoms with Gasteiger partial charge in [-0.25, -0.2) is 0 Å². The van der Waals surface area contributed by atoms with Crippen LogP contribution in [0.1, 0.15) is 36.2 Å². The highest BCUT2D eigenvalue weighted by Crippen LogP contribution is 2.21. The van der Waals surface area contributed by atoms with Gasteiger partial charge >= 0.3 is 0 Å². The van der Waals surface area contributed by atoms with Crippen LogP contribution in [-0.2, 0) is 40.8 Å². The third-order valence-electron chi connectivity index (χ3n) is 4.26. The monoisotopic (exact) mass is 293 g/mol. The van der Waals surface area contributed by atoms with E-state index in [1.165, 1.54) is 11.3 Å². The van der Waals surface area contributed by atoms with Crippen LogP contribution in [0, 0.1) is 0 Å². The molecule has 116 valence electrons. The van der Waals surface area contributed by atoms with Crippen LogP contribution in [0.4, 0.5) is 0 Å². The summed E-state index contributed by atoms with van der Waals surface area (Å²) < 4.78 is 12.7. The number of amides is 1. The number of ether oxygens (including phenoxy) is 2. The van der Waals surface area contributed by atoms with Crippen molar-refractivity contribution in [1.82, 2.24) is 15.1 Å². The molecule has 1 N–H and O–H groups in total. The first kappa shape index (κ1) is 14.5. The Morgan fingerprint density at radius 2 is 2.14 bits per heavy atom. The zero-order valence-electron chi connectivity index (χ0n) is 12.6. The van der Waals surface area contributed by atoms with Crippen molar-refractivity contribution < 1.29 is 14.3 Å². The van der Waals surface area contributed by atoms with Gasteiger partial charge in [-0.15, -0.1) is 0 Å². The number of carbonyl (C=O) groups excluding carboxylic acids is 1. The van der Waals surface area contributed by atoms with E-state index in [0.717, 1.165) is 44.8 Å². The third kappa shape index (κ3) is 3.44. The average molecular weight is 293 g/mol. The van der Waals surface area contributed by atoms with Crippen molar-refractivity contribution in [3.63, 3.8) is 0 Å². The van der Waals surface area contributed by atoms with E-state index in [-0.39, 0.29) is 11.9 Å². The summed E-state index contributed by atoms with van der Waals surface area (Å²) in [6, 6.07) is 0.271. The predicted octanol–water partition coefficient (Wildman–Crippen LogP) is 0.721. The average Bonchev–Trinajstić information content (AvgIpc) is 2.83. The Morgan fingerprint density at radius 3 is 2.95 bits per heavy atom. The van der Waals surface area contributed by atoms with E-state index < -0.39 is 0 Å². The number of nitrogens with one attached hydrogen (secondary N) is 1. The number of fused-ring (bicyclic) bond motifs is 1. The van der Waals surface area contributed by atoms with Gasteiger partial charge in [0, 0.05) is 56.8 Å². The summed E-state index contributed by atoms with van der Waals surface area (Å²) in [4.78, 5) is 12.0. The van der Waals surface area contributed by atoms with Crippen LogP contribution in [0.5, 0.6) is 0 Å². The van der Waals surface area contributed by atoms with Crippen LogP contribution in [0.25, 0.3) is 0 Å². The van der Waals surface area contributed by atoms with Crippen LogP contribution >= 0.6 is 0 Å². The van der Waals surface area contributed by atoms with Gasteiger partial charge in [-0.1, -0.05) is 0 Å². The zero-order valence-corrected chi connectivity index (χ0v) is 12.6. The minimum Gasteiger partial charge on any atom is -0.381 e. The summed E-state index contributed by atoms with van der Waals surface area (Å²) in [6.07, 6.45) is 3.91. The molecule has 0 bridgehead atoms. The molecule has 0 atom stereocenters. The maximum Gasteiger partial charge on any atom is 0.220 e. The van der Waals surface area contributed by atoms with Crippen molar-refractivity contribution in [2.45, 2.75) is 44.8 Å². The van der Waals surface area contributed by atoms with Crippen molar-refractivity contribution in [3.05, 3.63) is 17.0 Å². The van der Waals surface area contributed by atoms with E-state index in [1.54, 1.807) is 0 Å². The lowest BCUT2D eigenvalue weighted by molar-refractivity contribution is -0.122. The van der Waals surface area contributed by atoms with E-state index in [9.17, 15) is 4.79 Å². The van der Waals surface area contributed by atoms with Crippen LogP contribution in [0.15, 0.2) is 0 Å². The molecule has 0 spiro atoms. The normalized spacial score (nSPS) is 19.3. The van der Waals surface area contributed by atoms with Gasteiger partial charge in [-0.3, -0.25) is 9.48 Å². The van der Waals surface area contributed by atoms with Crippen LogP contribution < -0.4 is 5.32 Å². The molecule has 1 fully saturated rings. The summed E-state index contributed by atoms with van der Waals surface area (Å²) in [6.45, 7) is 2.88. The number of hydrogen-bond acceptors (Lipinski definition) is 4. The van der Waals surface area contributed by atoms with Gasteiger partial charge in [0.15, 0.2) is 0 Å². The van der Waals surface area contributed by atoms with E-state index >= 15 is 0 Å². The number of aryl methyl sites for hydroxylation is 2. The van der Waals surface area contributed by atoms with Crippen LogP contribution in [-0.4, -0.2) is 41.6 Å². The standard InChI is InChI=1S/C15H23N3O3/c1-18-14-6-9-21-10-12(14)13(17-18)2-3-15(19)16-11-4-7-20-8-5-11/h11H,2-10H2,1H3,(H,16,19). The smallest absolute Gasteiger partial charge is 0.220 e. The first-order chi connectivity index (χ1) is 10.2. The van der Waals surface area contributed by atoms with Gasteiger partial charge in [0.05, 0.1) is 18.9 Å². The van der Waals surface area contributed by atoms with Crippen LogP contribution in [0.2, 0.25) is 0 Å². The molecule has 0 unspecified atom stereocenters. The Hall–Kier alpha value is -1.40. The summed E-state index contributed by atoms with van der Waals surface area (Å²) in [5, 5.41) is 7.64. The van der Waals surface area contributed by atoms with Gasteiger partial charge in [0.2, 0.25) is 5.91 Å². The maximum atomic E-state index is 12.0. The fraction of sp³-hybridized carbons (Fsp3) is 0.733. The van der Waals surface area contributed by atoms with Crippen LogP contribution in [0.3, 0.4) is 0 Å². The molecule has 0 radical (unpaired) electrons. The molecule has 0 aromatic carbocycles. The molecule has 0 saturated carbocycles. The van der Waals surface area contributed by atoms with Crippen molar-refractivity contribution in [2.24, 2.45) is 7.05 Å². The van der Waals surface area contributed by atoms with E-state index in [0.29, 0.717) is 19.4 Å². The molecular weight excluding hydrogens is 270 g/mol. The highest BCUT2D eigenvalue weighted by atomic mass is 16.5. The lowest BCUT2D eigenvalue weighted by atomic mass is 10.1. The molecule has 6 nitrogen and oxygen atoms in total. The molecule has 1 saturated heterocycles. The molecule has 3 rings (SSSR count). The van der Waals surface area contributed by atoms with Gasteiger partial charge in [0.25, 0.3) is 0 Å².